The minimum atomic E-state index is -3.40. The first-order chi connectivity index (χ1) is 15.0. The Morgan fingerprint density at radius 3 is 2.16 bits per heavy atom. The molecule has 0 aliphatic carbocycles. The van der Waals surface area contributed by atoms with E-state index in [2.05, 4.69) is 16.2 Å². The molecule has 2 aromatic carbocycles. The summed E-state index contributed by atoms with van der Waals surface area (Å²) in [6.45, 7) is 1.42. The molecule has 0 saturated carbocycles. The van der Waals surface area contributed by atoms with E-state index in [1.807, 2.05) is 0 Å². The number of benzene rings is 2. The number of carbonyl (C=O) groups is 3. The Kier molecular flexibility index (Phi) is 8.71. The molecular weight excluding hydrogens is 441 g/mol. The van der Waals surface area contributed by atoms with Crippen molar-refractivity contribution in [2.24, 2.45) is 0 Å². The molecule has 0 bridgehead atoms. The highest BCUT2D eigenvalue weighted by molar-refractivity contribution is 7.90. The second-order valence-corrected chi connectivity index (χ2v) is 9.26. The topological polar surface area (TPSA) is 131 Å². The second kappa shape index (κ2) is 11.2. The lowest BCUT2D eigenvalue weighted by Crippen LogP contribution is -2.54. The summed E-state index contributed by atoms with van der Waals surface area (Å²) in [5, 5.41) is 2.47. The van der Waals surface area contributed by atoms with Gasteiger partial charge in [-0.2, -0.15) is 0 Å². The minimum Gasteiger partial charge on any atom is -0.481 e. The van der Waals surface area contributed by atoms with Crippen LogP contribution in [0.15, 0.2) is 54.6 Å². The van der Waals surface area contributed by atoms with Crippen molar-refractivity contribution in [1.29, 1.82) is 0 Å². The van der Waals surface area contributed by atoms with Crippen LogP contribution in [-0.2, 0) is 19.4 Å². The zero-order valence-corrected chi connectivity index (χ0v) is 18.3. The zero-order valence-electron chi connectivity index (χ0n) is 17.5. The number of carbonyl (C=O) groups excluding carboxylic acids is 3. The monoisotopic (exact) mass is 465 g/mol. The average Bonchev–Trinajstić information content (AvgIpc) is 2.76. The van der Waals surface area contributed by atoms with Crippen molar-refractivity contribution in [1.82, 2.24) is 16.2 Å². The van der Waals surface area contributed by atoms with E-state index in [1.165, 1.54) is 43.3 Å². The molecule has 0 heterocycles. The summed E-state index contributed by atoms with van der Waals surface area (Å²) in [7, 11) is -3.40. The molecule has 172 valence electrons. The van der Waals surface area contributed by atoms with Crippen LogP contribution in [0, 0.1) is 5.82 Å². The van der Waals surface area contributed by atoms with Crippen molar-refractivity contribution in [2.75, 3.05) is 12.0 Å². The maximum Gasteiger partial charge on any atom is 0.279 e. The highest BCUT2D eigenvalue weighted by Crippen LogP contribution is 2.13. The number of halogens is 1. The number of ether oxygens (including phenoxy) is 1. The van der Waals surface area contributed by atoms with Crippen molar-refractivity contribution in [3.63, 3.8) is 0 Å². The first-order valence-corrected chi connectivity index (χ1v) is 11.7. The van der Waals surface area contributed by atoms with E-state index in [0.717, 1.165) is 6.26 Å². The molecule has 0 spiro atoms. The first kappa shape index (κ1) is 24.8. The largest absolute Gasteiger partial charge is 0.481 e. The highest BCUT2D eigenvalue weighted by Gasteiger charge is 2.24. The van der Waals surface area contributed by atoms with Crippen LogP contribution < -0.4 is 20.9 Å². The molecule has 3 N–H and O–H groups in total. The molecule has 2 rings (SSSR count). The van der Waals surface area contributed by atoms with Gasteiger partial charge in [0, 0.05) is 11.8 Å². The quantitative estimate of drug-likeness (QED) is 0.473. The summed E-state index contributed by atoms with van der Waals surface area (Å²) in [6, 6.07) is 11.9. The van der Waals surface area contributed by atoms with Gasteiger partial charge >= 0.3 is 0 Å². The average molecular weight is 466 g/mol. The molecular formula is C21H24FN3O6S. The molecule has 0 saturated heterocycles. The summed E-state index contributed by atoms with van der Waals surface area (Å²) in [5.41, 5.74) is 4.62. The van der Waals surface area contributed by atoms with Gasteiger partial charge in [0.1, 0.15) is 27.4 Å². The Hall–Kier alpha value is -3.47. The number of hydrazine groups is 1. The summed E-state index contributed by atoms with van der Waals surface area (Å²) in [5.74, 6) is -2.64. The normalized spacial score (nSPS) is 12.8. The van der Waals surface area contributed by atoms with E-state index < -0.39 is 45.5 Å². The molecule has 2 aromatic rings. The third-order valence-corrected chi connectivity index (χ3v) is 5.22. The maximum atomic E-state index is 13.0. The zero-order chi connectivity index (χ0) is 23.7. The van der Waals surface area contributed by atoms with Gasteiger partial charge in [0.25, 0.3) is 17.7 Å². The van der Waals surface area contributed by atoms with E-state index in [9.17, 15) is 27.2 Å². The predicted octanol–water partition coefficient (Wildman–Crippen LogP) is 0.974. The van der Waals surface area contributed by atoms with Crippen molar-refractivity contribution in [3.8, 4) is 5.75 Å². The van der Waals surface area contributed by atoms with E-state index in [1.54, 1.807) is 18.2 Å². The van der Waals surface area contributed by atoms with Crippen LogP contribution in [0.25, 0.3) is 0 Å². The van der Waals surface area contributed by atoms with Crippen LogP contribution in [0.3, 0.4) is 0 Å². The number of sulfone groups is 1. The number of hydrogen-bond donors (Lipinski definition) is 3. The van der Waals surface area contributed by atoms with Crippen LogP contribution in [0.5, 0.6) is 5.75 Å². The SMILES string of the molecule is C[C@H](Oc1ccc(F)cc1)C(=O)NNC(=O)[C@@H](CCS(C)(=O)=O)NC(=O)c1ccccc1. The molecule has 0 aliphatic rings. The number of nitrogens with one attached hydrogen (secondary N) is 3. The van der Waals surface area contributed by atoms with Gasteiger partial charge in [-0.25, -0.2) is 12.8 Å². The van der Waals surface area contributed by atoms with Gasteiger partial charge in [0.15, 0.2) is 6.10 Å². The van der Waals surface area contributed by atoms with Crippen molar-refractivity contribution in [3.05, 3.63) is 66.0 Å². The lowest BCUT2D eigenvalue weighted by molar-refractivity contribution is -0.133. The van der Waals surface area contributed by atoms with Gasteiger partial charge in [-0.1, -0.05) is 18.2 Å². The molecule has 0 aromatic heterocycles. The van der Waals surface area contributed by atoms with E-state index in [4.69, 9.17) is 4.74 Å². The number of rotatable bonds is 9. The number of hydrogen-bond acceptors (Lipinski definition) is 6. The molecule has 3 amide bonds. The fraction of sp³-hybridized carbons (Fsp3) is 0.286. The molecule has 32 heavy (non-hydrogen) atoms. The Morgan fingerprint density at radius 1 is 0.969 bits per heavy atom. The van der Waals surface area contributed by atoms with Gasteiger partial charge in [-0.15, -0.1) is 0 Å². The van der Waals surface area contributed by atoms with Crippen LogP contribution >= 0.6 is 0 Å². The van der Waals surface area contributed by atoms with E-state index >= 15 is 0 Å². The molecule has 0 unspecified atom stereocenters. The third kappa shape index (κ3) is 8.34. The van der Waals surface area contributed by atoms with Crippen LogP contribution in [0.4, 0.5) is 4.39 Å². The lowest BCUT2D eigenvalue weighted by Gasteiger charge is -2.20. The summed E-state index contributed by atoms with van der Waals surface area (Å²) in [6.07, 6.45) is -0.216. The maximum absolute atomic E-state index is 13.0. The standard InChI is InChI=1S/C21H24FN3O6S/c1-14(31-17-10-8-16(22)9-11-17)19(26)24-25-21(28)18(12-13-32(2,29)30)23-20(27)15-6-4-3-5-7-15/h3-11,14,18H,12-13H2,1-2H3,(H,23,27)(H,24,26)(H,25,28)/t14-,18+/m0/s1. The summed E-state index contributed by atoms with van der Waals surface area (Å²) >= 11 is 0. The van der Waals surface area contributed by atoms with Crippen molar-refractivity contribution >= 4 is 27.6 Å². The summed E-state index contributed by atoms with van der Waals surface area (Å²) in [4.78, 5) is 37.1. The van der Waals surface area contributed by atoms with Gasteiger partial charge in [-0.05, 0) is 49.7 Å². The molecule has 2 atom stereocenters. The Morgan fingerprint density at radius 2 is 1.56 bits per heavy atom. The van der Waals surface area contributed by atoms with Gasteiger partial charge in [0.05, 0.1) is 5.75 Å². The molecule has 0 radical (unpaired) electrons. The fourth-order valence-corrected chi connectivity index (χ4v) is 3.18. The smallest absolute Gasteiger partial charge is 0.279 e. The molecule has 9 nitrogen and oxygen atoms in total. The Bertz CT molecular complexity index is 1040. The molecule has 0 aliphatic heterocycles. The highest BCUT2D eigenvalue weighted by atomic mass is 32.2. The second-order valence-electron chi connectivity index (χ2n) is 7.00. The summed E-state index contributed by atoms with van der Waals surface area (Å²) < 4.78 is 41.3. The third-order valence-electron chi connectivity index (χ3n) is 4.24. The Labute approximate surface area is 185 Å². The van der Waals surface area contributed by atoms with Gasteiger partial charge in [0.2, 0.25) is 0 Å². The van der Waals surface area contributed by atoms with Crippen molar-refractivity contribution < 1.29 is 31.9 Å². The molecule has 11 heteroatoms. The molecule has 0 fully saturated rings. The van der Waals surface area contributed by atoms with Crippen LogP contribution in [0.1, 0.15) is 23.7 Å². The number of amides is 3. The predicted molar refractivity (Wildman–Crippen MR) is 115 cm³/mol. The van der Waals surface area contributed by atoms with Gasteiger partial charge < -0.3 is 10.1 Å². The fourth-order valence-electron chi connectivity index (χ4n) is 2.51. The Balaban J connectivity index is 1.97. The lowest BCUT2D eigenvalue weighted by atomic mass is 10.1. The first-order valence-electron chi connectivity index (χ1n) is 9.61. The van der Waals surface area contributed by atoms with Crippen LogP contribution in [-0.4, -0.2) is 50.3 Å². The minimum absolute atomic E-state index is 0.194. The van der Waals surface area contributed by atoms with E-state index in [-0.39, 0.29) is 23.5 Å². The van der Waals surface area contributed by atoms with Crippen molar-refractivity contribution in [2.45, 2.75) is 25.5 Å². The van der Waals surface area contributed by atoms with Crippen LogP contribution in [0.2, 0.25) is 0 Å². The van der Waals surface area contributed by atoms with E-state index in [0.29, 0.717) is 0 Å². The van der Waals surface area contributed by atoms with Gasteiger partial charge in [-0.3, -0.25) is 25.2 Å².